The lowest BCUT2D eigenvalue weighted by Gasteiger charge is -2.21. The van der Waals surface area contributed by atoms with E-state index in [1.807, 2.05) is 23.9 Å². The molecule has 0 amide bonds. The van der Waals surface area contributed by atoms with Crippen molar-refractivity contribution in [3.05, 3.63) is 170 Å². The van der Waals surface area contributed by atoms with E-state index in [1.54, 1.807) is 0 Å². The molecule has 4 nitrogen and oxygen atoms in total. The van der Waals surface area contributed by atoms with Gasteiger partial charge in [-0.3, -0.25) is 9.13 Å². The molecule has 3 aromatic heterocycles. The van der Waals surface area contributed by atoms with Gasteiger partial charge in [0.25, 0.3) is 0 Å². The van der Waals surface area contributed by atoms with Gasteiger partial charge in [-0.2, -0.15) is 0 Å². The van der Waals surface area contributed by atoms with E-state index in [0.717, 1.165) is 50.4 Å². The van der Waals surface area contributed by atoms with Gasteiger partial charge in [-0.25, -0.2) is 9.97 Å². The van der Waals surface area contributed by atoms with Gasteiger partial charge >= 0.3 is 0 Å². The maximum atomic E-state index is 5.16. The predicted octanol–water partition coefficient (Wildman–Crippen LogP) is 12.1. The fourth-order valence-electron chi connectivity index (χ4n) is 7.85. The van der Waals surface area contributed by atoms with Crippen molar-refractivity contribution in [2.75, 3.05) is 0 Å². The molecule has 0 radical (unpaired) electrons. The van der Waals surface area contributed by atoms with Crippen LogP contribution < -0.4 is 0 Å². The summed E-state index contributed by atoms with van der Waals surface area (Å²) in [5.74, 6) is 0.719. The van der Waals surface area contributed by atoms with Gasteiger partial charge in [0.05, 0.1) is 27.9 Å². The Balaban J connectivity index is 1.14. The highest BCUT2D eigenvalue weighted by Crippen LogP contribution is 2.49. The summed E-state index contributed by atoms with van der Waals surface area (Å²) >= 11 is 1.86. The van der Waals surface area contributed by atoms with Crippen LogP contribution in [0.1, 0.15) is 0 Å². The van der Waals surface area contributed by atoms with E-state index in [0.29, 0.717) is 0 Å². The second kappa shape index (κ2) is 11.0. The van der Waals surface area contributed by atoms with Gasteiger partial charge in [-0.05, 0) is 59.7 Å². The highest BCUT2D eigenvalue weighted by molar-refractivity contribution is 7.99. The summed E-state index contributed by atoms with van der Waals surface area (Å²) in [7, 11) is 0. The number of hydrogen-bond donors (Lipinski definition) is 0. The molecule has 10 aromatic rings. The SMILES string of the molecule is c1ccc(-c2nc(-c3cccc(-c4ccc5c6c7cccc8c7n(c6n(-c6ccccc6)c5c4)-c4ccccc4S8)c3)nc3ccccc23)cc1. The molecule has 0 spiro atoms. The molecular formula is C46H28N4S. The number of aromatic nitrogens is 4. The molecule has 0 saturated heterocycles. The van der Waals surface area contributed by atoms with E-state index < -0.39 is 0 Å². The second-order valence-corrected chi connectivity index (χ2v) is 14.1. The first kappa shape index (κ1) is 28.4. The van der Waals surface area contributed by atoms with Crippen LogP contribution in [-0.2, 0) is 0 Å². The summed E-state index contributed by atoms with van der Waals surface area (Å²) in [5, 5.41) is 4.85. The Bertz CT molecular complexity index is 2990. The normalized spacial score (nSPS) is 12.2. The lowest BCUT2D eigenvalue weighted by Crippen LogP contribution is -2.05. The van der Waals surface area contributed by atoms with E-state index in [9.17, 15) is 0 Å². The molecule has 7 aromatic carbocycles. The van der Waals surface area contributed by atoms with Crippen LogP contribution >= 0.6 is 11.8 Å². The minimum atomic E-state index is 0.719. The standard InChI is InChI=1S/C46H28N4S/c1-3-13-29(14-4-1)43-34-19-7-8-21-37(34)47-45(48-43)32-16-11-15-30(27-32)31-25-26-35-39(28-31)49(33-17-5-2-6-18-33)46-42(35)36-20-12-24-41-44(36)50(46)38-22-9-10-23-40(38)51-41/h1-28H. The largest absolute Gasteiger partial charge is 0.295 e. The number of nitrogens with zero attached hydrogens (tertiary/aromatic N) is 4. The van der Waals surface area contributed by atoms with Crippen LogP contribution in [0, 0.1) is 0 Å². The van der Waals surface area contributed by atoms with Crippen molar-refractivity contribution in [2.45, 2.75) is 9.79 Å². The van der Waals surface area contributed by atoms with Crippen LogP contribution in [0.4, 0.5) is 0 Å². The maximum absolute atomic E-state index is 5.16. The Hall–Kier alpha value is -6.43. The van der Waals surface area contributed by atoms with Crippen LogP contribution in [0.25, 0.3) is 88.9 Å². The number of rotatable bonds is 4. The topological polar surface area (TPSA) is 35.6 Å². The van der Waals surface area contributed by atoms with Crippen LogP contribution in [0.15, 0.2) is 180 Å². The quantitative estimate of drug-likeness (QED) is 0.187. The Labute approximate surface area is 298 Å². The molecule has 0 saturated carbocycles. The molecule has 51 heavy (non-hydrogen) atoms. The molecule has 0 bridgehead atoms. The predicted molar refractivity (Wildman–Crippen MR) is 211 cm³/mol. The number of fused-ring (bicyclic) bond motifs is 8. The third kappa shape index (κ3) is 4.28. The van der Waals surface area contributed by atoms with E-state index >= 15 is 0 Å². The zero-order chi connectivity index (χ0) is 33.5. The molecular weight excluding hydrogens is 641 g/mol. The Morgan fingerprint density at radius 1 is 0.451 bits per heavy atom. The Morgan fingerprint density at radius 2 is 1.14 bits per heavy atom. The molecule has 0 N–H and O–H groups in total. The molecule has 0 atom stereocenters. The van der Waals surface area contributed by atoms with Crippen molar-refractivity contribution in [1.82, 2.24) is 19.1 Å². The highest BCUT2D eigenvalue weighted by atomic mass is 32.2. The lowest BCUT2D eigenvalue weighted by molar-refractivity contribution is 1.03. The van der Waals surface area contributed by atoms with E-state index in [1.165, 1.54) is 48.3 Å². The van der Waals surface area contributed by atoms with Crippen LogP contribution in [0.3, 0.4) is 0 Å². The lowest BCUT2D eigenvalue weighted by atomic mass is 10.0. The zero-order valence-electron chi connectivity index (χ0n) is 27.4. The van der Waals surface area contributed by atoms with Crippen molar-refractivity contribution < 1.29 is 0 Å². The fraction of sp³-hybridized carbons (Fsp3) is 0. The number of hydrogen-bond acceptors (Lipinski definition) is 3. The molecule has 5 heteroatoms. The summed E-state index contributed by atoms with van der Waals surface area (Å²) in [4.78, 5) is 12.8. The van der Waals surface area contributed by atoms with E-state index in [4.69, 9.17) is 9.97 Å². The van der Waals surface area contributed by atoms with Gasteiger partial charge in [-0.15, -0.1) is 0 Å². The van der Waals surface area contributed by atoms with Crippen LogP contribution in [0.5, 0.6) is 0 Å². The van der Waals surface area contributed by atoms with Gasteiger partial charge in [-0.1, -0.05) is 133 Å². The fourth-order valence-corrected chi connectivity index (χ4v) is 8.95. The summed E-state index contributed by atoms with van der Waals surface area (Å²) in [6.45, 7) is 0. The minimum absolute atomic E-state index is 0.719. The molecule has 0 fully saturated rings. The first-order valence-electron chi connectivity index (χ1n) is 17.2. The van der Waals surface area contributed by atoms with Crippen molar-refractivity contribution in [1.29, 1.82) is 0 Å². The third-order valence-corrected chi connectivity index (χ3v) is 11.2. The van der Waals surface area contributed by atoms with Crippen molar-refractivity contribution in [2.24, 2.45) is 0 Å². The monoisotopic (exact) mass is 668 g/mol. The third-order valence-electron chi connectivity index (χ3n) is 10.1. The average Bonchev–Trinajstić information content (AvgIpc) is 3.72. The van der Waals surface area contributed by atoms with E-state index in [-0.39, 0.29) is 0 Å². The minimum Gasteiger partial charge on any atom is -0.295 e. The molecule has 4 heterocycles. The average molecular weight is 669 g/mol. The highest BCUT2D eigenvalue weighted by Gasteiger charge is 2.27. The molecule has 0 aliphatic carbocycles. The zero-order valence-corrected chi connectivity index (χ0v) is 28.2. The second-order valence-electron chi connectivity index (χ2n) is 13.0. The number of para-hydroxylation sites is 4. The molecule has 0 unspecified atom stereocenters. The van der Waals surface area contributed by atoms with Gasteiger partial charge in [0.15, 0.2) is 5.82 Å². The van der Waals surface area contributed by atoms with E-state index in [2.05, 4.69) is 167 Å². The summed E-state index contributed by atoms with van der Waals surface area (Å²) in [6.07, 6.45) is 0. The smallest absolute Gasteiger partial charge is 0.160 e. The summed E-state index contributed by atoms with van der Waals surface area (Å²) in [6, 6.07) is 60.5. The van der Waals surface area contributed by atoms with Crippen molar-refractivity contribution in [3.63, 3.8) is 0 Å². The molecule has 1 aliphatic rings. The number of benzene rings is 7. The van der Waals surface area contributed by atoms with Gasteiger partial charge in [0, 0.05) is 48.2 Å². The Morgan fingerprint density at radius 3 is 2.04 bits per heavy atom. The molecule has 1 aliphatic heterocycles. The first-order valence-corrected chi connectivity index (χ1v) is 18.0. The van der Waals surface area contributed by atoms with Gasteiger partial charge < -0.3 is 0 Å². The first-order chi connectivity index (χ1) is 25.3. The van der Waals surface area contributed by atoms with Gasteiger partial charge in [0.2, 0.25) is 0 Å². The van der Waals surface area contributed by atoms with Crippen LogP contribution in [0.2, 0.25) is 0 Å². The molecule has 238 valence electrons. The maximum Gasteiger partial charge on any atom is 0.160 e. The van der Waals surface area contributed by atoms with Gasteiger partial charge in [0.1, 0.15) is 5.65 Å². The van der Waals surface area contributed by atoms with Crippen molar-refractivity contribution >= 4 is 55.5 Å². The van der Waals surface area contributed by atoms with Crippen LogP contribution in [-0.4, -0.2) is 19.1 Å². The van der Waals surface area contributed by atoms with Crippen molar-refractivity contribution in [3.8, 4) is 45.1 Å². The molecule has 11 rings (SSSR count). The summed E-state index contributed by atoms with van der Waals surface area (Å²) in [5.41, 5.74) is 12.2. The Kier molecular flexibility index (Phi) is 6.15. The summed E-state index contributed by atoms with van der Waals surface area (Å²) < 4.78 is 4.94.